The van der Waals surface area contributed by atoms with Gasteiger partial charge in [0, 0.05) is 22.9 Å². The van der Waals surface area contributed by atoms with Crippen LogP contribution in [0.4, 0.5) is 0 Å². The number of nitrogens with one attached hydrogen (secondary N) is 1. The predicted molar refractivity (Wildman–Crippen MR) is 124 cm³/mol. The Balaban J connectivity index is 0.00000245. The first-order valence-electron chi connectivity index (χ1n) is 9.96. The van der Waals surface area contributed by atoms with E-state index in [9.17, 15) is 4.55 Å². The van der Waals surface area contributed by atoms with E-state index >= 15 is 0 Å². The molecule has 0 saturated carbocycles. The molecule has 5 rings (SSSR count). The number of rotatable bonds is 6. The number of para-hydroxylation sites is 4. The number of imidazole rings is 1. The molecule has 0 aliphatic carbocycles. The number of benzene rings is 2. The van der Waals surface area contributed by atoms with Crippen LogP contribution in [-0.4, -0.2) is 68.4 Å². The van der Waals surface area contributed by atoms with Crippen molar-refractivity contribution in [1.29, 1.82) is 0 Å². The van der Waals surface area contributed by atoms with E-state index in [0.717, 1.165) is 28.1 Å². The Morgan fingerprint density at radius 2 is 1.91 bits per heavy atom. The van der Waals surface area contributed by atoms with Gasteiger partial charge in [0.05, 0.1) is 16.7 Å². The second kappa shape index (κ2) is 10.1. The average molecular weight is 460 g/mol. The van der Waals surface area contributed by atoms with Crippen LogP contribution in [0.3, 0.4) is 0 Å². The second-order valence-corrected chi connectivity index (χ2v) is 8.60. The first-order valence-corrected chi connectivity index (χ1v) is 11.3. The molecule has 0 saturated heterocycles. The number of hydrogen-bond acceptors (Lipinski definition) is 6. The third kappa shape index (κ3) is 4.89. The number of hydrogen-bond donors (Lipinski definition) is 1. The third-order valence-corrected chi connectivity index (χ3v) is 6.26. The minimum atomic E-state index is -1.35. The molecular formula is C23H22N3NaO4S. The Labute approximate surface area is 211 Å². The van der Waals surface area contributed by atoms with Gasteiger partial charge in [-0.05, 0) is 37.3 Å². The van der Waals surface area contributed by atoms with Crippen LogP contribution in [0.2, 0.25) is 0 Å². The summed E-state index contributed by atoms with van der Waals surface area (Å²) in [6.07, 6.45) is 1.46. The molecule has 2 aromatic heterocycles. The fourth-order valence-electron chi connectivity index (χ4n) is 3.42. The number of nitrogens with zero attached hydrogens (tertiary/aromatic N) is 2. The first-order chi connectivity index (χ1) is 15.2. The molecule has 2 atom stereocenters. The predicted octanol–water partition coefficient (Wildman–Crippen LogP) is 3.14. The van der Waals surface area contributed by atoms with Crippen molar-refractivity contribution in [1.82, 2.24) is 15.0 Å². The summed E-state index contributed by atoms with van der Waals surface area (Å²) in [4.78, 5) is 12.0. The van der Waals surface area contributed by atoms with E-state index in [2.05, 4.69) is 15.0 Å². The summed E-state index contributed by atoms with van der Waals surface area (Å²) in [5.41, 5.74) is 3.22. The van der Waals surface area contributed by atoms with Crippen LogP contribution >= 0.6 is 0 Å². The number of pyridine rings is 1. The fourth-order valence-corrected chi connectivity index (χ4v) is 4.52. The summed E-state index contributed by atoms with van der Waals surface area (Å²) in [6.45, 7) is 2.68. The average Bonchev–Trinajstić information content (AvgIpc) is 3.24. The summed E-state index contributed by atoms with van der Waals surface area (Å²) in [5, 5.41) is 0.445. The van der Waals surface area contributed by atoms with Crippen LogP contribution in [0.5, 0.6) is 17.2 Å². The van der Waals surface area contributed by atoms with E-state index in [1.165, 1.54) is 0 Å². The van der Waals surface area contributed by atoms with Gasteiger partial charge in [-0.1, -0.05) is 24.3 Å². The van der Waals surface area contributed by atoms with Crippen molar-refractivity contribution in [2.75, 3.05) is 13.2 Å². The quantitative estimate of drug-likeness (QED) is 0.352. The molecule has 4 aromatic rings. The summed E-state index contributed by atoms with van der Waals surface area (Å²) in [7, 11) is 0. The number of aromatic amines is 1. The van der Waals surface area contributed by atoms with E-state index in [4.69, 9.17) is 14.2 Å². The van der Waals surface area contributed by atoms with Crippen LogP contribution in [0.1, 0.15) is 11.3 Å². The van der Waals surface area contributed by atoms with Crippen molar-refractivity contribution in [3.05, 3.63) is 72.1 Å². The molecule has 9 heteroatoms. The molecule has 160 valence electrons. The number of fused-ring (bicyclic) bond motifs is 2. The van der Waals surface area contributed by atoms with Gasteiger partial charge in [-0.2, -0.15) is 4.98 Å². The molecule has 0 radical (unpaired) electrons. The van der Waals surface area contributed by atoms with Crippen molar-refractivity contribution in [2.24, 2.45) is 0 Å². The van der Waals surface area contributed by atoms with E-state index < -0.39 is 11.2 Å². The number of aromatic nitrogens is 3. The molecule has 32 heavy (non-hydrogen) atoms. The van der Waals surface area contributed by atoms with Crippen molar-refractivity contribution in [3.63, 3.8) is 0 Å². The van der Waals surface area contributed by atoms with Gasteiger partial charge in [-0.25, -0.2) is 0 Å². The molecule has 2 aromatic carbocycles. The van der Waals surface area contributed by atoms with Crippen molar-refractivity contribution < 1.29 is 18.8 Å². The van der Waals surface area contributed by atoms with Gasteiger partial charge >= 0.3 is 34.7 Å². The van der Waals surface area contributed by atoms with Gasteiger partial charge in [-0.15, -0.1) is 0 Å². The molecular weight excluding hydrogens is 437 g/mol. The first kappa shape index (κ1) is 22.9. The van der Waals surface area contributed by atoms with Gasteiger partial charge in [0.25, 0.3) is 0 Å². The third-order valence-electron chi connectivity index (χ3n) is 5.10. The molecule has 0 fully saturated rings. The van der Waals surface area contributed by atoms with Crippen molar-refractivity contribution in [2.45, 2.75) is 23.9 Å². The van der Waals surface area contributed by atoms with Crippen LogP contribution in [0.25, 0.3) is 11.0 Å². The maximum atomic E-state index is 12.9. The topological polar surface area (TPSA) is 92.3 Å². The number of H-pyrrole nitrogens is 1. The van der Waals surface area contributed by atoms with E-state index in [-0.39, 0.29) is 41.4 Å². The zero-order chi connectivity index (χ0) is 21.2. The van der Waals surface area contributed by atoms with Crippen molar-refractivity contribution >= 4 is 51.8 Å². The zero-order valence-electron chi connectivity index (χ0n) is 16.9. The molecule has 0 amide bonds. The van der Waals surface area contributed by atoms with Crippen LogP contribution in [0, 0.1) is 6.92 Å². The normalized spacial score (nSPS) is 15.8. The summed E-state index contributed by atoms with van der Waals surface area (Å²) in [6, 6.07) is 17.0. The van der Waals surface area contributed by atoms with Crippen LogP contribution in [0.15, 0.2) is 66.0 Å². The molecule has 2 unspecified atom stereocenters. The summed E-state index contributed by atoms with van der Waals surface area (Å²) >= 11 is -1.35. The molecule has 1 aliphatic rings. The number of ether oxygens (including phenoxy) is 3. The Morgan fingerprint density at radius 3 is 2.75 bits per heavy atom. The molecule has 1 N–H and O–H groups in total. The monoisotopic (exact) mass is 459 g/mol. The van der Waals surface area contributed by atoms with Gasteiger partial charge in [-0.3, -0.25) is 9.97 Å². The Morgan fingerprint density at radius 1 is 1.12 bits per heavy atom. The standard InChI is InChI=1S/C23H21N3O4S.Na.H/c1-15-19(14-31(27)23-25-17-6-2-3-7-18(17)26-23)24-11-10-20(15)28-12-16-13-29-21-8-4-5-9-22(21)30-16;;/h2-11,16H,12-14H2,1H3,(H,25,26);;. The van der Waals surface area contributed by atoms with Crippen LogP contribution in [-0.2, 0) is 16.9 Å². The van der Waals surface area contributed by atoms with Crippen LogP contribution < -0.4 is 14.2 Å². The van der Waals surface area contributed by atoms with E-state index in [1.807, 2.05) is 55.5 Å². The SMILES string of the molecule is Cc1c(OCC2COc3ccccc3O2)ccnc1C[S+]([O-])c1nc2ccccc2[nH]1.[NaH]. The fraction of sp³-hybridized carbons (Fsp3) is 0.217. The minimum absolute atomic E-state index is 0. The maximum absolute atomic E-state index is 12.9. The molecule has 0 bridgehead atoms. The molecule has 3 heterocycles. The molecule has 1 aliphatic heterocycles. The van der Waals surface area contributed by atoms with Gasteiger partial charge in [0.2, 0.25) is 0 Å². The van der Waals surface area contributed by atoms with E-state index in [1.54, 1.807) is 12.3 Å². The zero-order valence-corrected chi connectivity index (χ0v) is 17.7. The molecule has 0 spiro atoms. The summed E-state index contributed by atoms with van der Waals surface area (Å²) < 4.78 is 30.6. The second-order valence-electron chi connectivity index (χ2n) is 7.24. The van der Waals surface area contributed by atoms with Crippen molar-refractivity contribution in [3.8, 4) is 17.2 Å². The van der Waals surface area contributed by atoms with Gasteiger partial charge in [0.15, 0.2) is 23.4 Å². The Hall–Kier alpha value is -2.23. The van der Waals surface area contributed by atoms with Gasteiger partial charge in [0.1, 0.15) is 19.0 Å². The Bertz CT molecular complexity index is 1190. The summed E-state index contributed by atoms with van der Waals surface area (Å²) in [5.74, 6) is 2.40. The van der Waals surface area contributed by atoms with Gasteiger partial charge < -0.3 is 18.8 Å². The molecule has 7 nitrogen and oxygen atoms in total. The van der Waals surface area contributed by atoms with E-state index in [0.29, 0.717) is 29.8 Å². The Kier molecular flexibility index (Phi) is 7.27.